The molecule has 0 radical (unpaired) electrons. The predicted octanol–water partition coefficient (Wildman–Crippen LogP) is 2.59. The van der Waals surface area contributed by atoms with Crippen LogP contribution in [0.3, 0.4) is 0 Å². The van der Waals surface area contributed by atoms with Crippen LogP contribution in [0.1, 0.15) is 5.56 Å². The summed E-state index contributed by atoms with van der Waals surface area (Å²) >= 11 is 1.56. The fourth-order valence-corrected chi connectivity index (χ4v) is 4.57. The second-order valence-electron chi connectivity index (χ2n) is 5.72. The number of hydrogen-bond acceptors (Lipinski definition) is 4. The van der Waals surface area contributed by atoms with Gasteiger partial charge in [0.15, 0.2) is 0 Å². The molecule has 0 fully saturated rings. The first-order valence-electron chi connectivity index (χ1n) is 7.46. The number of hydrogen-bond donors (Lipinski definition) is 1. The molecule has 7 heteroatoms. The van der Waals surface area contributed by atoms with Crippen molar-refractivity contribution in [1.82, 2.24) is 4.31 Å². The van der Waals surface area contributed by atoms with Crippen molar-refractivity contribution in [2.45, 2.75) is 21.5 Å². The molecule has 1 N–H and O–H groups in total. The molecule has 5 nitrogen and oxygen atoms in total. The molecule has 0 unspecified atom stereocenters. The summed E-state index contributed by atoms with van der Waals surface area (Å²) in [6.45, 7) is 0. The molecule has 126 valence electrons. The number of rotatable bonds is 4. The van der Waals surface area contributed by atoms with E-state index in [9.17, 15) is 13.2 Å². The second kappa shape index (κ2) is 6.58. The third-order valence-electron chi connectivity index (χ3n) is 3.84. The van der Waals surface area contributed by atoms with E-state index in [1.807, 2.05) is 24.3 Å². The lowest BCUT2D eigenvalue weighted by atomic mass is 10.1. The van der Waals surface area contributed by atoms with E-state index in [1.54, 1.807) is 23.9 Å². The second-order valence-corrected chi connectivity index (χ2v) is 9.12. The Kier molecular flexibility index (Phi) is 4.67. The summed E-state index contributed by atoms with van der Waals surface area (Å²) in [5.41, 5.74) is 1.78. The lowest BCUT2D eigenvalue weighted by Crippen LogP contribution is -2.25. The minimum atomic E-state index is -3.46. The van der Waals surface area contributed by atoms with E-state index in [4.69, 9.17) is 0 Å². The van der Waals surface area contributed by atoms with Crippen LogP contribution in [0, 0.1) is 0 Å². The topological polar surface area (TPSA) is 66.5 Å². The van der Waals surface area contributed by atoms with E-state index in [0.717, 1.165) is 9.20 Å². The lowest BCUT2D eigenvalue weighted by Gasteiger charge is -2.13. The van der Waals surface area contributed by atoms with E-state index in [2.05, 4.69) is 5.32 Å². The number of sulfonamides is 1. The Balaban J connectivity index is 1.68. The minimum absolute atomic E-state index is 0.0700. The Morgan fingerprint density at radius 1 is 1.12 bits per heavy atom. The summed E-state index contributed by atoms with van der Waals surface area (Å²) in [5.74, 6) is -0.0700. The maximum absolute atomic E-state index is 12.4. The van der Waals surface area contributed by atoms with Crippen molar-refractivity contribution in [1.29, 1.82) is 0 Å². The number of fused-ring (bicyclic) bond motifs is 1. The van der Waals surface area contributed by atoms with Gasteiger partial charge in [-0.2, -0.15) is 0 Å². The van der Waals surface area contributed by atoms with Crippen LogP contribution in [-0.2, 0) is 21.2 Å². The van der Waals surface area contributed by atoms with Crippen molar-refractivity contribution >= 4 is 33.4 Å². The Morgan fingerprint density at radius 2 is 1.79 bits per heavy atom. The van der Waals surface area contributed by atoms with Crippen LogP contribution < -0.4 is 5.32 Å². The van der Waals surface area contributed by atoms with Gasteiger partial charge >= 0.3 is 0 Å². The molecule has 0 aromatic heterocycles. The third kappa shape index (κ3) is 3.33. The van der Waals surface area contributed by atoms with Gasteiger partial charge in [-0.05, 0) is 42.3 Å². The van der Waals surface area contributed by atoms with Crippen molar-refractivity contribution in [3.63, 3.8) is 0 Å². The number of benzene rings is 2. The molecule has 0 saturated heterocycles. The molecule has 24 heavy (non-hydrogen) atoms. The molecule has 3 rings (SSSR count). The van der Waals surface area contributed by atoms with Crippen LogP contribution in [0.5, 0.6) is 0 Å². The van der Waals surface area contributed by atoms with Gasteiger partial charge in [0, 0.05) is 24.7 Å². The van der Waals surface area contributed by atoms with E-state index < -0.39 is 10.0 Å². The van der Waals surface area contributed by atoms with E-state index >= 15 is 0 Å². The van der Waals surface area contributed by atoms with E-state index in [-0.39, 0.29) is 16.1 Å². The summed E-state index contributed by atoms with van der Waals surface area (Å²) < 4.78 is 25.2. The maximum atomic E-state index is 12.4. The fraction of sp³-hybridized carbons (Fsp3) is 0.235. The first-order chi connectivity index (χ1) is 11.4. The predicted molar refractivity (Wildman–Crippen MR) is 95.7 cm³/mol. The zero-order valence-corrected chi connectivity index (χ0v) is 15.0. The largest absolute Gasteiger partial charge is 0.325 e. The molecule has 1 aliphatic heterocycles. The van der Waals surface area contributed by atoms with Gasteiger partial charge in [-0.15, -0.1) is 11.8 Å². The molecule has 1 amide bonds. The fourth-order valence-electron chi connectivity index (χ4n) is 2.47. The number of carbonyl (C=O) groups excluding carboxylic acids is 1. The molecule has 1 heterocycles. The monoisotopic (exact) mass is 362 g/mol. The van der Waals surface area contributed by atoms with Crippen LogP contribution in [0.25, 0.3) is 0 Å². The molecular weight excluding hydrogens is 344 g/mol. The highest BCUT2D eigenvalue weighted by molar-refractivity contribution is 8.01. The number of carbonyl (C=O) groups is 1. The Morgan fingerprint density at radius 3 is 2.42 bits per heavy atom. The first kappa shape index (κ1) is 17.0. The number of amides is 1. The Bertz CT molecular complexity index is 837. The number of nitrogens with zero attached hydrogens (tertiary/aromatic N) is 1. The average Bonchev–Trinajstić information content (AvgIpc) is 2.99. The number of anilines is 1. The molecule has 0 aliphatic carbocycles. The van der Waals surface area contributed by atoms with Gasteiger partial charge in [0.05, 0.1) is 10.1 Å². The quantitative estimate of drug-likeness (QED) is 0.908. The summed E-state index contributed by atoms with van der Waals surface area (Å²) in [6.07, 6.45) is 0.708. The Labute approximate surface area is 146 Å². The molecule has 0 bridgehead atoms. The molecule has 2 aromatic carbocycles. The summed E-state index contributed by atoms with van der Waals surface area (Å²) in [7, 11) is -0.485. The first-order valence-corrected chi connectivity index (χ1v) is 9.78. The van der Waals surface area contributed by atoms with Gasteiger partial charge in [0.1, 0.15) is 0 Å². The number of nitrogens with one attached hydrogen (secondary N) is 1. The minimum Gasteiger partial charge on any atom is -0.325 e. The normalized spacial score (nSPS) is 16.9. The Hall–Kier alpha value is -1.83. The van der Waals surface area contributed by atoms with Crippen LogP contribution in [0.15, 0.2) is 58.3 Å². The standard InChI is InChI=1S/C17H18N2O3S2/c1-19(2)24(21,22)14-9-7-13(8-10-14)18-17(20)16-11-12-5-3-4-6-15(12)23-16/h3-10,16H,11H2,1-2H3,(H,18,20)/t16-/m0/s1. The van der Waals surface area contributed by atoms with Crippen LogP contribution in [0.4, 0.5) is 5.69 Å². The van der Waals surface area contributed by atoms with Crippen LogP contribution in [-0.4, -0.2) is 38.0 Å². The van der Waals surface area contributed by atoms with Crippen LogP contribution in [0.2, 0.25) is 0 Å². The molecule has 2 aromatic rings. The highest BCUT2D eigenvalue weighted by Crippen LogP contribution is 2.37. The average molecular weight is 362 g/mol. The molecule has 0 spiro atoms. The van der Waals surface area contributed by atoms with Crippen molar-refractivity contribution in [3.8, 4) is 0 Å². The van der Waals surface area contributed by atoms with Crippen molar-refractivity contribution in [2.75, 3.05) is 19.4 Å². The van der Waals surface area contributed by atoms with Crippen molar-refractivity contribution in [3.05, 3.63) is 54.1 Å². The maximum Gasteiger partial charge on any atom is 0.242 e. The molecular formula is C17H18N2O3S2. The number of thioether (sulfide) groups is 1. The summed E-state index contributed by atoms with van der Waals surface area (Å²) in [6, 6.07) is 14.2. The lowest BCUT2D eigenvalue weighted by molar-refractivity contribution is -0.115. The van der Waals surface area contributed by atoms with Gasteiger partial charge in [-0.25, -0.2) is 12.7 Å². The summed E-state index contributed by atoms with van der Waals surface area (Å²) in [4.78, 5) is 13.8. The van der Waals surface area contributed by atoms with Gasteiger partial charge in [-0.3, -0.25) is 4.79 Å². The highest BCUT2D eigenvalue weighted by Gasteiger charge is 2.28. The smallest absolute Gasteiger partial charge is 0.242 e. The molecule has 0 saturated carbocycles. The van der Waals surface area contributed by atoms with Gasteiger partial charge in [-0.1, -0.05) is 18.2 Å². The zero-order chi connectivity index (χ0) is 17.3. The van der Waals surface area contributed by atoms with E-state index in [0.29, 0.717) is 12.1 Å². The summed E-state index contributed by atoms with van der Waals surface area (Å²) in [5, 5.41) is 2.70. The SMILES string of the molecule is CN(C)S(=O)(=O)c1ccc(NC(=O)[C@@H]2Cc3ccccc3S2)cc1. The van der Waals surface area contributed by atoms with Gasteiger partial charge in [0.25, 0.3) is 0 Å². The van der Waals surface area contributed by atoms with E-state index in [1.165, 1.54) is 31.8 Å². The van der Waals surface area contributed by atoms with Crippen molar-refractivity contribution < 1.29 is 13.2 Å². The molecule has 1 aliphatic rings. The third-order valence-corrected chi connectivity index (χ3v) is 6.99. The van der Waals surface area contributed by atoms with Gasteiger partial charge < -0.3 is 5.32 Å². The molecule has 1 atom stereocenters. The van der Waals surface area contributed by atoms with Crippen molar-refractivity contribution in [2.24, 2.45) is 0 Å². The van der Waals surface area contributed by atoms with Gasteiger partial charge in [0.2, 0.25) is 15.9 Å². The highest BCUT2D eigenvalue weighted by atomic mass is 32.2. The zero-order valence-electron chi connectivity index (χ0n) is 13.4. The van der Waals surface area contributed by atoms with Crippen LogP contribution >= 0.6 is 11.8 Å².